The first kappa shape index (κ1) is 21.6. The van der Waals surface area contributed by atoms with E-state index in [4.69, 9.17) is 9.47 Å². The Labute approximate surface area is 189 Å². The van der Waals surface area contributed by atoms with Gasteiger partial charge in [0, 0.05) is 24.7 Å². The number of hydrogen-bond donors (Lipinski definition) is 2. The van der Waals surface area contributed by atoms with E-state index in [0.29, 0.717) is 22.9 Å². The van der Waals surface area contributed by atoms with Crippen LogP contribution in [0.3, 0.4) is 0 Å². The van der Waals surface area contributed by atoms with Crippen molar-refractivity contribution in [2.45, 2.75) is 6.04 Å². The number of carbonyl (C=O) groups is 1. The molecule has 0 saturated heterocycles. The molecule has 0 fully saturated rings. The monoisotopic (exact) mass is 444 g/mol. The maximum atomic E-state index is 13.1. The summed E-state index contributed by atoms with van der Waals surface area (Å²) in [4.78, 5) is 25.5. The van der Waals surface area contributed by atoms with Gasteiger partial charge in [-0.25, -0.2) is 9.97 Å². The Morgan fingerprint density at radius 1 is 0.970 bits per heavy atom. The van der Waals surface area contributed by atoms with Crippen molar-refractivity contribution in [2.24, 2.45) is 0 Å². The lowest BCUT2D eigenvalue weighted by molar-refractivity contribution is 0.0939. The summed E-state index contributed by atoms with van der Waals surface area (Å²) in [5, 5.41) is 21.0. The van der Waals surface area contributed by atoms with Gasteiger partial charge in [0.05, 0.1) is 20.3 Å². The number of ether oxygens (including phenoxy) is 2. The third-order valence-electron chi connectivity index (χ3n) is 4.84. The summed E-state index contributed by atoms with van der Waals surface area (Å²) >= 11 is 0. The number of benzene rings is 1. The molecule has 3 heterocycles. The minimum atomic E-state index is -0.569. The fourth-order valence-corrected chi connectivity index (χ4v) is 3.12. The zero-order valence-corrected chi connectivity index (χ0v) is 17.8. The number of aromatic nitrogens is 5. The van der Waals surface area contributed by atoms with Gasteiger partial charge in [-0.05, 0) is 41.5 Å². The van der Waals surface area contributed by atoms with Gasteiger partial charge >= 0.3 is 0 Å². The average Bonchev–Trinajstić information content (AvgIpc) is 2.88. The molecule has 10 nitrogen and oxygen atoms in total. The Morgan fingerprint density at radius 2 is 1.76 bits per heavy atom. The van der Waals surface area contributed by atoms with Gasteiger partial charge in [-0.2, -0.15) is 10.1 Å². The lowest BCUT2D eigenvalue weighted by atomic mass is 9.99. The highest BCUT2D eigenvalue weighted by Crippen LogP contribution is 2.26. The molecule has 0 bridgehead atoms. The smallest absolute Gasteiger partial charge is 0.259 e. The van der Waals surface area contributed by atoms with E-state index < -0.39 is 17.8 Å². The lowest BCUT2D eigenvalue weighted by Crippen LogP contribution is -2.29. The molecule has 1 atom stereocenters. The molecular weight excluding hydrogens is 424 g/mol. The van der Waals surface area contributed by atoms with E-state index in [-0.39, 0.29) is 11.4 Å². The van der Waals surface area contributed by atoms with E-state index in [0.717, 1.165) is 5.56 Å². The van der Waals surface area contributed by atoms with E-state index in [1.165, 1.54) is 19.5 Å². The van der Waals surface area contributed by atoms with Crippen molar-refractivity contribution in [3.63, 3.8) is 0 Å². The molecule has 0 unspecified atom stereocenters. The number of carbonyl (C=O) groups excluding carboxylic acids is 1. The maximum Gasteiger partial charge on any atom is 0.259 e. The molecular formula is C23H20N6O4. The second kappa shape index (κ2) is 9.69. The first-order chi connectivity index (χ1) is 16.1. The highest BCUT2D eigenvalue weighted by atomic mass is 16.5. The van der Waals surface area contributed by atoms with Crippen LogP contribution in [0.4, 0.5) is 0 Å². The Hall–Kier alpha value is -4.60. The zero-order chi connectivity index (χ0) is 23.2. The SMILES string of the molecule is COc1ccc([C@@H](NC(=O)c2cnc(-c3cccnn3)nc2O)c2ccc(OC)nc2)cc1. The molecule has 2 N–H and O–H groups in total. The molecule has 4 aromatic rings. The molecule has 1 amide bonds. The highest BCUT2D eigenvalue weighted by Gasteiger charge is 2.22. The van der Waals surface area contributed by atoms with Gasteiger partial charge in [0.1, 0.15) is 17.0 Å². The van der Waals surface area contributed by atoms with Crippen molar-refractivity contribution < 1.29 is 19.4 Å². The number of rotatable bonds is 7. The molecule has 3 aromatic heterocycles. The third-order valence-corrected chi connectivity index (χ3v) is 4.84. The van der Waals surface area contributed by atoms with E-state index in [1.807, 2.05) is 12.1 Å². The van der Waals surface area contributed by atoms with Gasteiger partial charge in [0.25, 0.3) is 5.91 Å². The topological polar surface area (TPSA) is 132 Å². The molecule has 0 aliphatic rings. The number of amides is 1. The third kappa shape index (κ3) is 4.85. The standard InChI is InChI=1S/C23H20N6O4/c1-32-16-8-5-14(6-9-16)20(15-7-10-19(33-2)24-12-15)27-22(30)17-13-25-21(28-23(17)31)18-4-3-11-26-29-18/h3-13,20H,1-2H3,(H,27,30)(H,25,28,31)/t20-/m1/s1. The molecule has 4 rings (SSSR count). The summed E-state index contributed by atoms with van der Waals surface area (Å²) in [6.07, 6.45) is 4.37. The predicted octanol–water partition coefficient (Wildman–Crippen LogP) is 2.57. The summed E-state index contributed by atoms with van der Waals surface area (Å²) in [7, 11) is 3.10. The predicted molar refractivity (Wildman–Crippen MR) is 118 cm³/mol. The van der Waals surface area contributed by atoms with E-state index in [1.54, 1.807) is 49.7 Å². The average molecular weight is 444 g/mol. The molecule has 0 aliphatic carbocycles. The molecule has 0 saturated carbocycles. The number of nitrogens with one attached hydrogen (secondary N) is 1. The van der Waals surface area contributed by atoms with Crippen molar-refractivity contribution in [3.8, 4) is 29.0 Å². The Kier molecular flexibility index (Phi) is 6.35. The van der Waals surface area contributed by atoms with Crippen molar-refractivity contribution in [2.75, 3.05) is 14.2 Å². The molecule has 166 valence electrons. The Balaban J connectivity index is 1.64. The van der Waals surface area contributed by atoms with Crippen LogP contribution in [0.25, 0.3) is 11.5 Å². The van der Waals surface area contributed by atoms with Gasteiger partial charge in [-0.15, -0.1) is 5.10 Å². The van der Waals surface area contributed by atoms with Gasteiger partial charge in [0.2, 0.25) is 11.8 Å². The van der Waals surface area contributed by atoms with Crippen molar-refractivity contribution in [3.05, 3.63) is 83.8 Å². The lowest BCUT2D eigenvalue weighted by Gasteiger charge is -2.20. The maximum absolute atomic E-state index is 13.1. The van der Waals surface area contributed by atoms with Gasteiger partial charge in [0.15, 0.2) is 5.82 Å². The summed E-state index contributed by atoms with van der Waals surface area (Å²) < 4.78 is 10.3. The first-order valence-corrected chi connectivity index (χ1v) is 9.88. The summed E-state index contributed by atoms with van der Waals surface area (Å²) in [5.74, 6) is 0.258. The van der Waals surface area contributed by atoms with E-state index in [9.17, 15) is 9.90 Å². The summed E-state index contributed by atoms with van der Waals surface area (Å²) in [5.41, 5.74) is 1.79. The van der Waals surface area contributed by atoms with Gasteiger partial charge in [-0.3, -0.25) is 4.79 Å². The molecule has 0 spiro atoms. The number of pyridine rings is 1. The van der Waals surface area contributed by atoms with Crippen LogP contribution >= 0.6 is 0 Å². The molecule has 1 aromatic carbocycles. The highest BCUT2D eigenvalue weighted by molar-refractivity contribution is 5.96. The van der Waals surface area contributed by atoms with Crippen molar-refractivity contribution >= 4 is 5.91 Å². The Bertz CT molecular complexity index is 1190. The van der Waals surface area contributed by atoms with Crippen LogP contribution in [0, 0.1) is 0 Å². The van der Waals surface area contributed by atoms with E-state index in [2.05, 4.69) is 30.5 Å². The molecule has 0 radical (unpaired) electrons. The minimum absolute atomic E-state index is 0.0809. The normalized spacial score (nSPS) is 11.5. The molecule has 10 heteroatoms. The quantitative estimate of drug-likeness (QED) is 0.441. The fourth-order valence-electron chi connectivity index (χ4n) is 3.12. The van der Waals surface area contributed by atoms with Crippen molar-refractivity contribution in [1.29, 1.82) is 0 Å². The number of nitrogens with zero attached hydrogens (tertiary/aromatic N) is 5. The number of methoxy groups -OCH3 is 2. The van der Waals surface area contributed by atoms with Crippen LogP contribution in [0.1, 0.15) is 27.5 Å². The van der Waals surface area contributed by atoms with Crippen LogP contribution in [0.5, 0.6) is 17.5 Å². The van der Waals surface area contributed by atoms with Gasteiger partial charge in [-0.1, -0.05) is 12.1 Å². The van der Waals surface area contributed by atoms with Crippen LogP contribution in [-0.2, 0) is 0 Å². The largest absolute Gasteiger partial charge is 0.497 e. The van der Waals surface area contributed by atoms with Crippen molar-refractivity contribution in [1.82, 2.24) is 30.5 Å². The van der Waals surface area contributed by atoms with Crippen LogP contribution in [0.15, 0.2) is 67.1 Å². The van der Waals surface area contributed by atoms with Gasteiger partial charge < -0.3 is 19.9 Å². The summed E-state index contributed by atoms with van der Waals surface area (Å²) in [6, 6.07) is 13.5. The summed E-state index contributed by atoms with van der Waals surface area (Å²) in [6.45, 7) is 0. The minimum Gasteiger partial charge on any atom is -0.497 e. The second-order valence-corrected chi connectivity index (χ2v) is 6.85. The number of aromatic hydroxyl groups is 1. The molecule has 0 aliphatic heterocycles. The first-order valence-electron chi connectivity index (χ1n) is 9.88. The number of hydrogen-bond acceptors (Lipinski definition) is 9. The van der Waals surface area contributed by atoms with Crippen LogP contribution in [0.2, 0.25) is 0 Å². The Morgan fingerprint density at radius 3 is 2.36 bits per heavy atom. The van der Waals surface area contributed by atoms with E-state index >= 15 is 0 Å². The van der Waals surface area contributed by atoms with Crippen LogP contribution in [-0.4, -0.2) is 50.4 Å². The second-order valence-electron chi connectivity index (χ2n) is 6.85. The fraction of sp³-hybridized carbons (Fsp3) is 0.130. The molecule has 33 heavy (non-hydrogen) atoms. The van der Waals surface area contributed by atoms with Crippen LogP contribution < -0.4 is 14.8 Å². The zero-order valence-electron chi connectivity index (χ0n) is 17.8.